The first-order valence-electron chi connectivity index (χ1n) is 13.8. The monoisotopic (exact) mass is 555 g/mol. The number of likely N-dealkylation sites (tertiary alicyclic amines) is 1. The summed E-state index contributed by atoms with van der Waals surface area (Å²) >= 11 is 0. The van der Waals surface area contributed by atoms with Crippen LogP contribution in [0.3, 0.4) is 0 Å². The van der Waals surface area contributed by atoms with Crippen molar-refractivity contribution in [3.63, 3.8) is 0 Å². The van der Waals surface area contributed by atoms with E-state index in [1.807, 2.05) is 0 Å². The van der Waals surface area contributed by atoms with Gasteiger partial charge < -0.3 is 14.9 Å². The highest BCUT2D eigenvalue weighted by molar-refractivity contribution is 5.75. The number of benzene rings is 1. The molecular formula is C29H32F3N5O3. The van der Waals surface area contributed by atoms with Crippen molar-refractivity contribution in [1.82, 2.24) is 24.1 Å². The van der Waals surface area contributed by atoms with Crippen LogP contribution in [0.1, 0.15) is 55.7 Å². The number of hydrogen-bond acceptors (Lipinski definition) is 5. The number of piperazine rings is 1. The molecule has 40 heavy (non-hydrogen) atoms. The summed E-state index contributed by atoms with van der Waals surface area (Å²) in [6.07, 6.45) is 6.18. The second-order valence-electron chi connectivity index (χ2n) is 11.3. The Bertz CT molecular complexity index is 1490. The molecule has 2 atom stereocenters. The zero-order valence-corrected chi connectivity index (χ0v) is 22.1. The molecule has 2 aliphatic heterocycles. The third kappa shape index (κ3) is 4.85. The first-order chi connectivity index (χ1) is 19.2. The molecule has 2 saturated heterocycles. The van der Waals surface area contributed by atoms with Gasteiger partial charge in [0.05, 0.1) is 17.7 Å². The molecule has 0 radical (unpaired) electrons. The summed E-state index contributed by atoms with van der Waals surface area (Å²) in [5.41, 5.74) is 0.250. The maximum atomic E-state index is 14.8. The largest absolute Gasteiger partial charge is 0.393 e. The van der Waals surface area contributed by atoms with E-state index in [1.165, 1.54) is 16.5 Å². The van der Waals surface area contributed by atoms with Gasteiger partial charge in [0, 0.05) is 56.2 Å². The molecule has 0 unspecified atom stereocenters. The van der Waals surface area contributed by atoms with Crippen molar-refractivity contribution in [3.8, 4) is 0 Å². The molecule has 4 heterocycles. The zero-order chi connectivity index (χ0) is 28.0. The van der Waals surface area contributed by atoms with Crippen LogP contribution in [0, 0.1) is 17.5 Å². The van der Waals surface area contributed by atoms with Gasteiger partial charge in [-0.25, -0.2) is 22.9 Å². The number of nitrogens with zero attached hydrogens (tertiary/aromatic N) is 5. The van der Waals surface area contributed by atoms with E-state index in [1.54, 1.807) is 16.0 Å². The smallest absolute Gasteiger partial charge is 0.320 e. The summed E-state index contributed by atoms with van der Waals surface area (Å²) in [5.74, 6) is -1.72. The molecule has 3 fully saturated rings. The predicted octanol–water partition coefficient (Wildman–Crippen LogP) is 3.86. The van der Waals surface area contributed by atoms with Gasteiger partial charge in [-0.2, -0.15) is 0 Å². The molecule has 2 amide bonds. The second kappa shape index (κ2) is 10.5. The Morgan fingerprint density at radius 2 is 1.82 bits per heavy atom. The van der Waals surface area contributed by atoms with Crippen LogP contribution in [0.4, 0.5) is 18.0 Å². The highest BCUT2D eigenvalue weighted by Gasteiger charge is 2.46. The minimum absolute atomic E-state index is 0.0713. The van der Waals surface area contributed by atoms with Gasteiger partial charge in [-0.1, -0.05) is 12.8 Å². The van der Waals surface area contributed by atoms with Crippen molar-refractivity contribution >= 4 is 11.7 Å². The first-order valence-corrected chi connectivity index (χ1v) is 13.8. The van der Waals surface area contributed by atoms with Crippen LogP contribution in [0.2, 0.25) is 0 Å². The molecule has 1 N–H and O–H groups in total. The minimum atomic E-state index is -0.770. The summed E-state index contributed by atoms with van der Waals surface area (Å²) in [4.78, 5) is 37.0. The lowest BCUT2D eigenvalue weighted by Crippen LogP contribution is -2.64. The molecule has 1 spiro atoms. The number of fused-ring (bicyclic) bond motifs is 1. The molecule has 1 aliphatic carbocycles. The number of amides is 2. The molecule has 212 valence electrons. The predicted molar refractivity (Wildman–Crippen MR) is 141 cm³/mol. The summed E-state index contributed by atoms with van der Waals surface area (Å²) in [5, 5.41) is 10.3. The number of hydrogen-bond donors (Lipinski definition) is 1. The lowest BCUT2D eigenvalue weighted by atomic mass is 9.90. The lowest BCUT2D eigenvalue weighted by molar-refractivity contribution is -0.00835. The van der Waals surface area contributed by atoms with E-state index in [0.29, 0.717) is 43.8 Å². The number of halogens is 3. The number of aliphatic hydroxyl groups excluding tert-OH is 1. The lowest BCUT2D eigenvalue weighted by Gasteiger charge is -2.51. The molecule has 11 heteroatoms. The highest BCUT2D eigenvalue weighted by Crippen LogP contribution is 2.40. The van der Waals surface area contributed by atoms with Gasteiger partial charge in [-0.3, -0.25) is 14.1 Å². The molecule has 2 aromatic heterocycles. The third-order valence-electron chi connectivity index (χ3n) is 8.84. The standard InChI is InChI=1S/C29H32F3N5O3/c30-20-3-5-24(32)23(13-20)25-14-22(38)7-10-36(25)28(40)34-11-12-35(29(18-34)8-1-2-9-29)16-19-15-33-26-6-4-21(31)17-37(26)27(19)39/h3-6,13,15,17,22,25,38H,1-2,7-12,14,16,18H2/t22-,25+/m1/s1. The molecule has 1 aromatic carbocycles. The molecule has 8 nitrogen and oxygen atoms in total. The van der Waals surface area contributed by atoms with Crippen LogP contribution in [0.15, 0.2) is 47.5 Å². The van der Waals surface area contributed by atoms with E-state index in [-0.39, 0.29) is 35.7 Å². The maximum Gasteiger partial charge on any atom is 0.320 e. The van der Waals surface area contributed by atoms with Crippen molar-refractivity contribution in [2.75, 3.05) is 26.2 Å². The Balaban J connectivity index is 1.25. The second-order valence-corrected chi connectivity index (χ2v) is 11.3. The molecule has 1 saturated carbocycles. The summed E-state index contributed by atoms with van der Waals surface area (Å²) < 4.78 is 43.8. The van der Waals surface area contributed by atoms with Gasteiger partial charge in [-0.05, 0) is 56.0 Å². The number of pyridine rings is 1. The Morgan fingerprint density at radius 3 is 2.62 bits per heavy atom. The summed E-state index contributed by atoms with van der Waals surface area (Å²) in [7, 11) is 0. The molecular weight excluding hydrogens is 523 g/mol. The fourth-order valence-corrected chi connectivity index (χ4v) is 6.76. The van der Waals surface area contributed by atoms with Crippen LogP contribution >= 0.6 is 0 Å². The van der Waals surface area contributed by atoms with Gasteiger partial charge in [0.15, 0.2) is 0 Å². The van der Waals surface area contributed by atoms with Gasteiger partial charge in [-0.15, -0.1) is 0 Å². The van der Waals surface area contributed by atoms with Crippen molar-refractivity contribution in [1.29, 1.82) is 0 Å². The average Bonchev–Trinajstić information content (AvgIpc) is 3.41. The topological polar surface area (TPSA) is 81.4 Å². The SMILES string of the molecule is O=C(N1CCN(Cc2cnc3ccc(F)cn3c2=O)C2(CCCC2)C1)N1CC[C@@H](O)C[C@H]1c1cc(F)ccc1F. The van der Waals surface area contributed by atoms with E-state index >= 15 is 0 Å². The van der Waals surface area contributed by atoms with Gasteiger partial charge in [0.25, 0.3) is 5.56 Å². The third-order valence-corrected chi connectivity index (χ3v) is 8.84. The van der Waals surface area contributed by atoms with Crippen LogP contribution < -0.4 is 5.56 Å². The van der Waals surface area contributed by atoms with Crippen molar-refractivity contribution in [2.45, 2.75) is 62.8 Å². The zero-order valence-electron chi connectivity index (χ0n) is 22.1. The van der Waals surface area contributed by atoms with Crippen LogP contribution in [0.25, 0.3) is 5.65 Å². The van der Waals surface area contributed by atoms with E-state index in [0.717, 1.165) is 50.1 Å². The molecule has 0 bridgehead atoms. The highest BCUT2D eigenvalue weighted by atomic mass is 19.1. The van der Waals surface area contributed by atoms with E-state index < -0.39 is 29.6 Å². The van der Waals surface area contributed by atoms with Crippen LogP contribution in [0.5, 0.6) is 0 Å². The number of carbonyl (C=O) groups excluding carboxylic acids is 1. The fourth-order valence-electron chi connectivity index (χ4n) is 6.76. The van der Waals surface area contributed by atoms with Crippen molar-refractivity contribution in [2.24, 2.45) is 0 Å². The van der Waals surface area contributed by atoms with Gasteiger partial charge >= 0.3 is 6.03 Å². The molecule has 6 rings (SSSR count). The number of carbonyl (C=O) groups is 1. The van der Waals surface area contributed by atoms with E-state index in [4.69, 9.17) is 0 Å². The number of piperidine rings is 1. The normalized spacial score (nSPS) is 23.3. The minimum Gasteiger partial charge on any atom is -0.393 e. The van der Waals surface area contributed by atoms with Crippen molar-refractivity contribution < 1.29 is 23.1 Å². The summed E-state index contributed by atoms with van der Waals surface area (Å²) in [6.45, 7) is 1.94. The molecule has 3 aromatic rings. The average molecular weight is 556 g/mol. The van der Waals surface area contributed by atoms with Gasteiger partial charge in [0.1, 0.15) is 23.1 Å². The maximum absolute atomic E-state index is 14.8. The number of aromatic nitrogens is 2. The number of rotatable bonds is 3. The quantitative estimate of drug-likeness (QED) is 0.531. The van der Waals surface area contributed by atoms with Crippen molar-refractivity contribution in [3.05, 3.63) is 81.7 Å². The van der Waals surface area contributed by atoms with Crippen LogP contribution in [-0.2, 0) is 6.54 Å². The first kappa shape index (κ1) is 26.8. The Morgan fingerprint density at radius 1 is 1.05 bits per heavy atom. The number of urea groups is 1. The Kier molecular flexibility index (Phi) is 7.03. The Labute approximate surface area is 229 Å². The Hall–Kier alpha value is -3.44. The molecule has 3 aliphatic rings. The fraction of sp³-hybridized carbons (Fsp3) is 0.483. The summed E-state index contributed by atoms with van der Waals surface area (Å²) in [6, 6.07) is 4.91. The number of aliphatic hydroxyl groups is 1. The van der Waals surface area contributed by atoms with E-state index in [9.17, 15) is 27.9 Å². The van der Waals surface area contributed by atoms with Crippen LogP contribution in [-0.4, -0.2) is 73.0 Å². The van der Waals surface area contributed by atoms with Gasteiger partial charge in [0.2, 0.25) is 0 Å². The van der Waals surface area contributed by atoms with E-state index in [2.05, 4.69) is 9.88 Å².